The van der Waals surface area contributed by atoms with Gasteiger partial charge in [0.05, 0.1) is 9.85 Å². The number of Topliss-reactive ketones (excluding diaryl/α,β-unsaturated/α-hetero) is 1. The lowest BCUT2D eigenvalue weighted by atomic mass is 10.0. The topological polar surface area (TPSA) is 116 Å². The van der Waals surface area contributed by atoms with Crippen LogP contribution in [0.2, 0.25) is 5.15 Å². The van der Waals surface area contributed by atoms with Gasteiger partial charge in [0.1, 0.15) is 11.3 Å². The summed E-state index contributed by atoms with van der Waals surface area (Å²) in [6.07, 6.45) is 3.91. The maximum absolute atomic E-state index is 10.8. The van der Waals surface area contributed by atoms with Gasteiger partial charge in [-0.1, -0.05) is 11.6 Å². The fraction of sp³-hybridized carbons (Fsp3) is 0.231. The summed E-state index contributed by atoms with van der Waals surface area (Å²) >= 11 is 5.55. The molecule has 0 unspecified atom stereocenters. The third-order valence-electron chi connectivity index (χ3n) is 2.72. The highest BCUT2D eigenvalue weighted by Crippen LogP contribution is 2.17. The molecule has 0 aliphatic heterocycles. The molecular weight excluding hydrogens is 314 g/mol. The van der Waals surface area contributed by atoms with E-state index in [1.807, 2.05) is 0 Å². The van der Waals surface area contributed by atoms with Crippen molar-refractivity contribution < 1.29 is 14.6 Å². The summed E-state index contributed by atoms with van der Waals surface area (Å²) in [6, 6.07) is 1.38. The highest BCUT2D eigenvalue weighted by molar-refractivity contribution is 6.30. The average Bonchev–Trinajstić information content (AvgIpc) is 2.45. The van der Waals surface area contributed by atoms with Crippen molar-refractivity contribution in [3.63, 3.8) is 0 Å². The Morgan fingerprint density at radius 2 is 1.86 bits per heavy atom. The van der Waals surface area contributed by atoms with Crippen LogP contribution in [-0.2, 0) is 4.79 Å². The number of aromatic nitrogens is 1. The molecule has 0 fully saturated rings. The third-order valence-corrected chi connectivity index (χ3v) is 3.12. The van der Waals surface area contributed by atoms with Crippen LogP contribution < -0.4 is 0 Å². The van der Waals surface area contributed by atoms with E-state index in [1.165, 1.54) is 18.2 Å². The van der Waals surface area contributed by atoms with E-state index in [0.29, 0.717) is 16.3 Å². The van der Waals surface area contributed by atoms with Crippen LogP contribution in [0.1, 0.15) is 18.9 Å². The fourth-order valence-corrected chi connectivity index (χ4v) is 1.59. The smallest absolute Gasteiger partial charge is 0.287 e. The summed E-state index contributed by atoms with van der Waals surface area (Å²) in [4.78, 5) is 33.8. The van der Waals surface area contributed by atoms with Crippen LogP contribution in [0.4, 0.5) is 5.69 Å². The Kier molecular flexibility index (Phi) is 5.88. The maximum atomic E-state index is 10.8. The lowest BCUT2D eigenvalue weighted by molar-refractivity contribution is -0.419. The monoisotopic (exact) mass is 325 g/mol. The van der Waals surface area contributed by atoms with Gasteiger partial charge in [-0.15, -0.1) is 0 Å². The van der Waals surface area contributed by atoms with Crippen molar-refractivity contribution in [2.75, 3.05) is 0 Å². The number of nitro groups is 2. The zero-order chi connectivity index (χ0) is 16.9. The number of aryl methyl sites for hydroxylation is 1. The first-order chi connectivity index (χ1) is 10.2. The minimum atomic E-state index is -0.504. The van der Waals surface area contributed by atoms with Crippen LogP contribution in [0.5, 0.6) is 0 Å². The standard InChI is InChI=1S/C7H7NO3.C6H5ClN2O2/c1-5-4-6(8(10)11)2-3-7(5)9;1-4-2-5(9(10)11)3-8-6(4)7/h2,4H,3H2,1H3;2-3H,1H3. The minimum absolute atomic E-state index is 0.0158. The SMILES string of the molecule is CC1=CC([N+](=O)[O-])=CCC1=O.Cc1cc([N+](=O)[O-])cnc1Cl. The lowest BCUT2D eigenvalue weighted by Crippen LogP contribution is -2.07. The largest absolute Gasteiger partial charge is 0.294 e. The van der Waals surface area contributed by atoms with Gasteiger partial charge >= 0.3 is 0 Å². The number of pyridine rings is 1. The molecule has 8 nitrogen and oxygen atoms in total. The molecule has 1 aliphatic carbocycles. The van der Waals surface area contributed by atoms with Crippen molar-refractivity contribution in [3.05, 3.63) is 66.6 Å². The molecule has 0 radical (unpaired) electrons. The van der Waals surface area contributed by atoms with E-state index in [2.05, 4.69) is 4.98 Å². The Morgan fingerprint density at radius 1 is 1.23 bits per heavy atom. The van der Waals surface area contributed by atoms with Gasteiger partial charge in [-0.3, -0.25) is 25.0 Å². The van der Waals surface area contributed by atoms with E-state index in [0.717, 1.165) is 6.20 Å². The van der Waals surface area contributed by atoms with Crippen molar-refractivity contribution in [1.82, 2.24) is 4.98 Å². The van der Waals surface area contributed by atoms with Gasteiger partial charge in [0.2, 0.25) is 0 Å². The highest BCUT2D eigenvalue weighted by Gasteiger charge is 2.16. The van der Waals surface area contributed by atoms with E-state index >= 15 is 0 Å². The fourth-order valence-electron chi connectivity index (χ4n) is 1.49. The van der Waals surface area contributed by atoms with Gasteiger partial charge in [0, 0.05) is 24.6 Å². The predicted octanol–water partition coefficient (Wildman–Crippen LogP) is 3.02. The molecule has 0 saturated heterocycles. The summed E-state index contributed by atoms with van der Waals surface area (Å²) in [5, 5.41) is 20.7. The van der Waals surface area contributed by atoms with Crippen molar-refractivity contribution in [2.24, 2.45) is 0 Å². The van der Waals surface area contributed by atoms with E-state index in [1.54, 1.807) is 13.8 Å². The second-order valence-electron chi connectivity index (χ2n) is 4.40. The Bertz CT molecular complexity index is 697. The molecule has 1 aliphatic rings. The summed E-state index contributed by atoms with van der Waals surface area (Å²) in [6.45, 7) is 3.25. The molecule has 2 rings (SSSR count). The Balaban J connectivity index is 0.000000220. The van der Waals surface area contributed by atoms with Crippen molar-refractivity contribution in [3.8, 4) is 0 Å². The zero-order valence-electron chi connectivity index (χ0n) is 11.8. The molecule has 1 aromatic heterocycles. The van der Waals surface area contributed by atoms with E-state index < -0.39 is 9.85 Å². The first kappa shape index (κ1) is 17.4. The van der Waals surface area contributed by atoms with Crippen molar-refractivity contribution in [2.45, 2.75) is 20.3 Å². The first-order valence-corrected chi connectivity index (χ1v) is 6.42. The zero-order valence-corrected chi connectivity index (χ0v) is 12.5. The Hall–Kier alpha value is -2.61. The average molecular weight is 326 g/mol. The molecule has 0 aromatic carbocycles. The molecule has 9 heteroatoms. The molecule has 0 amide bonds. The van der Waals surface area contributed by atoms with Gasteiger partial charge in [-0.05, 0) is 25.0 Å². The van der Waals surface area contributed by atoms with Gasteiger partial charge < -0.3 is 0 Å². The maximum Gasteiger partial charge on any atom is 0.287 e. The first-order valence-electron chi connectivity index (χ1n) is 6.05. The van der Waals surface area contributed by atoms with Crippen LogP contribution in [-0.4, -0.2) is 20.6 Å². The van der Waals surface area contributed by atoms with Gasteiger partial charge in [-0.2, -0.15) is 0 Å². The molecule has 1 aromatic rings. The van der Waals surface area contributed by atoms with Crippen molar-refractivity contribution in [1.29, 1.82) is 0 Å². The highest BCUT2D eigenvalue weighted by atomic mass is 35.5. The molecule has 0 atom stereocenters. The van der Waals surface area contributed by atoms with Gasteiger partial charge in [-0.25, -0.2) is 4.98 Å². The molecule has 22 heavy (non-hydrogen) atoms. The number of allylic oxidation sites excluding steroid dienone is 3. The van der Waals surface area contributed by atoms with E-state index in [4.69, 9.17) is 11.6 Å². The van der Waals surface area contributed by atoms with Crippen LogP contribution in [0, 0.1) is 27.2 Å². The van der Waals surface area contributed by atoms with Crippen LogP contribution >= 0.6 is 11.6 Å². The summed E-state index contributed by atoms with van der Waals surface area (Å²) in [5.74, 6) is -0.0457. The van der Waals surface area contributed by atoms with Gasteiger partial charge in [0.15, 0.2) is 5.78 Å². The predicted molar refractivity (Wildman–Crippen MR) is 79.1 cm³/mol. The van der Waals surface area contributed by atoms with Gasteiger partial charge in [0.25, 0.3) is 11.4 Å². The normalized spacial score (nSPS) is 13.5. The number of carbonyl (C=O) groups is 1. The van der Waals surface area contributed by atoms with Crippen LogP contribution in [0.25, 0.3) is 0 Å². The number of hydrogen-bond acceptors (Lipinski definition) is 6. The Labute approximate surface area is 130 Å². The van der Waals surface area contributed by atoms with Crippen LogP contribution in [0.15, 0.2) is 35.7 Å². The number of nitrogens with zero attached hydrogens (tertiary/aromatic N) is 3. The van der Waals surface area contributed by atoms with Crippen molar-refractivity contribution >= 4 is 23.1 Å². The molecular formula is C13H12ClN3O5. The quantitative estimate of drug-likeness (QED) is 0.468. The van der Waals surface area contributed by atoms with E-state index in [9.17, 15) is 25.0 Å². The summed E-state index contributed by atoms with van der Waals surface area (Å²) in [7, 11) is 0. The third kappa shape index (κ3) is 4.74. The molecule has 0 bridgehead atoms. The number of carbonyl (C=O) groups excluding carboxylic acids is 1. The number of hydrogen-bond donors (Lipinski definition) is 0. The Morgan fingerprint density at radius 3 is 2.32 bits per heavy atom. The van der Waals surface area contributed by atoms with Crippen LogP contribution in [0.3, 0.4) is 0 Å². The number of ketones is 1. The second-order valence-corrected chi connectivity index (χ2v) is 4.76. The number of rotatable bonds is 2. The number of halogens is 1. The molecule has 116 valence electrons. The molecule has 0 saturated carbocycles. The summed E-state index contributed by atoms with van der Waals surface area (Å²) in [5.41, 5.74) is 1.05. The molecule has 0 spiro atoms. The molecule has 0 N–H and O–H groups in total. The lowest BCUT2D eigenvalue weighted by Gasteiger charge is -2.01. The second kappa shape index (κ2) is 7.41. The molecule has 1 heterocycles. The minimum Gasteiger partial charge on any atom is -0.294 e. The summed E-state index contributed by atoms with van der Waals surface area (Å²) < 4.78 is 0. The van der Waals surface area contributed by atoms with E-state index in [-0.39, 0.29) is 23.6 Å².